The molecule has 0 spiro atoms. The monoisotopic (exact) mass is 290 g/mol. The lowest BCUT2D eigenvalue weighted by atomic mass is 9.95. The molecule has 2 atom stereocenters. The van der Waals surface area contributed by atoms with Crippen LogP contribution < -0.4 is 11.1 Å². The van der Waals surface area contributed by atoms with Crippen LogP contribution in [0, 0.1) is 11.8 Å². The van der Waals surface area contributed by atoms with Crippen LogP contribution in [-0.4, -0.2) is 25.7 Å². The molecule has 1 aliphatic carbocycles. The molecule has 2 aliphatic rings. The molecule has 1 amide bonds. The van der Waals surface area contributed by atoms with Gasteiger partial charge in [-0.1, -0.05) is 18.6 Å². The number of carbonyl (C=O) groups excluding carboxylic acids is 1. The Bertz CT molecular complexity index is 500. The van der Waals surface area contributed by atoms with Crippen LogP contribution in [0.15, 0.2) is 24.3 Å². The van der Waals surface area contributed by atoms with E-state index in [1.165, 1.54) is 0 Å². The molecule has 3 N–H and O–H groups in total. The number of benzene rings is 1. The summed E-state index contributed by atoms with van der Waals surface area (Å²) in [5, 5.41) is 3.01. The summed E-state index contributed by atoms with van der Waals surface area (Å²) in [6.07, 6.45) is 2.76. The summed E-state index contributed by atoms with van der Waals surface area (Å²) in [6, 6.07) is 7.66. The van der Waals surface area contributed by atoms with Crippen LogP contribution in [0.4, 0.5) is 5.69 Å². The second-order valence-corrected chi connectivity index (χ2v) is 5.72. The van der Waals surface area contributed by atoms with Crippen molar-refractivity contribution in [3.63, 3.8) is 0 Å². The zero-order chi connectivity index (χ0) is 14.7. The Balaban J connectivity index is 1.67. The van der Waals surface area contributed by atoms with Crippen LogP contribution in [-0.2, 0) is 14.3 Å². The number of hydrogen-bond donors (Lipinski definition) is 2. The van der Waals surface area contributed by atoms with Gasteiger partial charge in [-0.15, -0.1) is 0 Å². The number of carbonyl (C=O) groups is 1. The van der Waals surface area contributed by atoms with Gasteiger partial charge in [0.25, 0.3) is 0 Å². The lowest BCUT2D eigenvalue weighted by Gasteiger charge is -2.18. The maximum Gasteiger partial charge on any atom is 0.227 e. The fourth-order valence-corrected chi connectivity index (χ4v) is 3.21. The number of anilines is 1. The van der Waals surface area contributed by atoms with Gasteiger partial charge in [-0.25, -0.2) is 0 Å². The molecule has 3 rings (SSSR count). The molecule has 1 aromatic rings. The number of rotatable bonds is 4. The van der Waals surface area contributed by atoms with E-state index in [1.54, 1.807) is 0 Å². The van der Waals surface area contributed by atoms with E-state index in [2.05, 4.69) is 5.32 Å². The predicted octanol–water partition coefficient (Wildman–Crippen LogP) is 2.05. The van der Waals surface area contributed by atoms with Crippen LogP contribution in [0.25, 0.3) is 0 Å². The molecule has 1 saturated heterocycles. The third-order valence-electron chi connectivity index (χ3n) is 4.35. The summed E-state index contributed by atoms with van der Waals surface area (Å²) >= 11 is 0. The highest BCUT2D eigenvalue weighted by Gasteiger charge is 2.32. The minimum atomic E-state index is -0.315. The van der Waals surface area contributed by atoms with Crippen molar-refractivity contribution in [1.29, 1.82) is 0 Å². The smallest absolute Gasteiger partial charge is 0.227 e. The Hall–Kier alpha value is -1.43. The van der Waals surface area contributed by atoms with Crippen molar-refractivity contribution in [2.75, 3.05) is 25.1 Å². The van der Waals surface area contributed by atoms with Gasteiger partial charge in [0.15, 0.2) is 6.29 Å². The lowest BCUT2D eigenvalue weighted by Crippen LogP contribution is -2.29. The van der Waals surface area contributed by atoms with Crippen molar-refractivity contribution >= 4 is 11.6 Å². The van der Waals surface area contributed by atoms with Crippen molar-refractivity contribution in [2.24, 2.45) is 17.6 Å². The van der Waals surface area contributed by atoms with Gasteiger partial charge in [0.05, 0.1) is 13.2 Å². The molecule has 1 heterocycles. The highest BCUT2D eigenvalue weighted by atomic mass is 16.7. The van der Waals surface area contributed by atoms with Gasteiger partial charge in [-0.05, 0) is 37.4 Å². The van der Waals surface area contributed by atoms with Gasteiger partial charge in [0.2, 0.25) is 5.91 Å². The van der Waals surface area contributed by atoms with Crippen molar-refractivity contribution < 1.29 is 14.3 Å². The first-order chi connectivity index (χ1) is 10.3. The van der Waals surface area contributed by atoms with E-state index in [4.69, 9.17) is 15.2 Å². The van der Waals surface area contributed by atoms with Crippen LogP contribution in [0.5, 0.6) is 0 Å². The fraction of sp³-hybridized carbons (Fsp3) is 0.562. The largest absolute Gasteiger partial charge is 0.346 e. The highest BCUT2D eigenvalue weighted by molar-refractivity contribution is 5.93. The van der Waals surface area contributed by atoms with E-state index >= 15 is 0 Å². The average molecular weight is 290 g/mol. The van der Waals surface area contributed by atoms with E-state index in [9.17, 15) is 4.79 Å². The third kappa shape index (κ3) is 3.26. The van der Waals surface area contributed by atoms with Crippen molar-refractivity contribution in [1.82, 2.24) is 0 Å². The molecule has 114 valence electrons. The van der Waals surface area contributed by atoms with E-state index in [0.717, 1.165) is 30.5 Å². The Labute approximate surface area is 124 Å². The molecule has 5 nitrogen and oxygen atoms in total. The summed E-state index contributed by atoms with van der Waals surface area (Å²) in [5.74, 6) is 0.431. The second kappa shape index (κ2) is 6.56. The highest BCUT2D eigenvalue weighted by Crippen LogP contribution is 2.32. The summed E-state index contributed by atoms with van der Waals surface area (Å²) in [5.41, 5.74) is 7.48. The summed E-state index contributed by atoms with van der Waals surface area (Å²) in [7, 11) is 0. The average Bonchev–Trinajstić information content (AvgIpc) is 3.18. The first-order valence-corrected chi connectivity index (χ1v) is 7.62. The van der Waals surface area contributed by atoms with Crippen LogP contribution >= 0.6 is 0 Å². The van der Waals surface area contributed by atoms with Gasteiger partial charge in [-0.3, -0.25) is 4.79 Å². The second-order valence-electron chi connectivity index (χ2n) is 5.72. The number of nitrogens with one attached hydrogen (secondary N) is 1. The molecule has 1 aromatic carbocycles. The van der Waals surface area contributed by atoms with Crippen LogP contribution in [0.3, 0.4) is 0 Å². The number of hydrogen-bond acceptors (Lipinski definition) is 4. The Morgan fingerprint density at radius 2 is 2.10 bits per heavy atom. The Morgan fingerprint density at radius 3 is 2.86 bits per heavy atom. The molecule has 21 heavy (non-hydrogen) atoms. The van der Waals surface area contributed by atoms with Gasteiger partial charge in [0.1, 0.15) is 0 Å². The molecule has 2 fully saturated rings. The topological polar surface area (TPSA) is 73.6 Å². The van der Waals surface area contributed by atoms with Gasteiger partial charge >= 0.3 is 0 Å². The van der Waals surface area contributed by atoms with E-state index in [-0.39, 0.29) is 18.1 Å². The third-order valence-corrected chi connectivity index (χ3v) is 4.35. The Kier molecular flexibility index (Phi) is 4.53. The molecule has 0 aromatic heterocycles. The quantitative estimate of drug-likeness (QED) is 0.890. The molecule has 0 radical (unpaired) electrons. The van der Waals surface area contributed by atoms with Gasteiger partial charge in [-0.2, -0.15) is 0 Å². The van der Waals surface area contributed by atoms with E-state index < -0.39 is 0 Å². The normalized spacial score (nSPS) is 26.1. The molecule has 5 heteroatoms. The summed E-state index contributed by atoms with van der Waals surface area (Å²) in [6.45, 7) is 1.81. The Morgan fingerprint density at radius 1 is 1.29 bits per heavy atom. The molecular formula is C16H22N2O3. The first kappa shape index (κ1) is 14.5. The fourth-order valence-electron chi connectivity index (χ4n) is 3.21. The molecular weight excluding hydrogens is 268 g/mol. The minimum absolute atomic E-state index is 0.0395. The SMILES string of the molecule is NCC1CCCC1C(=O)Nc1cccc(C2OCCO2)c1. The number of nitrogens with two attached hydrogens (primary N) is 1. The lowest BCUT2D eigenvalue weighted by molar-refractivity contribution is -0.120. The predicted molar refractivity (Wildman–Crippen MR) is 79.6 cm³/mol. The van der Waals surface area contributed by atoms with E-state index in [1.807, 2.05) is 24.3 Å². The summed E-state index contributed by atoms with van der Waals surface area (Å²) < 4.78 is 11.0. The molecule has 1 saturated carbocycles. The zero-order valence-corrected chi connectivity index (χ0v) is 12.1. The maximum atomic E-state index is 12.4. The standard InChI is InChI=1S/C16H22N2O3/c17-10-12-4-2-6-14(12)15(19)18-13-5-1-3-11(9-13)16-20-7-8-21-16/h1,3,5,9,12,14,16H,2,4,6-8,10,17H2,(H,18,19). The zero-order valence-electron chi connectivity index (χ0n) is 12.1. The van der Waals surface area contributed by atoms with Crippen LogP contribution in [0.1, 0.15) is 31.1 Å². The molecule has 2 unspecified atom stereocenters. The molecule has 1 aliphatic heterocycles. The van der Waals surface area contributed by atoms with Crippen molar-refractivity contribution in [2.45, 2.75) is 25.6 Å². The number of ether oxygens (including phenoxy) is 2. The summed E-state index contributed by atoms with van der Waals surface area (Å²) in [4.78, 5) is 12.4. The van der Waals surface area contributed by atoms with Gasteiger partial charge in [0, 0.05) is 17.2 Å². The van der Waals surface area contributed by atoms with Gasteiger partial charge < -0.3 is 20.5 Å². The number of amides is 1. The molecule has 0 bridgehead atoms. The van der Waals surface area contributed by atoms with E-state index in [0.29, 0.717) is 25.7 Å². The maximum absolute atomic E-state index is 12.4. The minimum Gasteiger partial charge on any atom is -0.346 e. The van der Waals surface area contributed by atoms with Crippen molar-refractivity contribution in [3.05, 3.63) is 29.8 Å². The first-order valence-electron chi connectivity index (χ1n) is 7.62. The van der Waals surface area contributed by atoms with Crippen LogP contribution in [0.2, 0.25) is 0 Å². The van der Waals surface area contributed by atoms with Crippen molar-refractivity contribution in [3.8, 4) is 0 Å².